The average Bonchev–Trinajstić information content (AvgIpc) is 2.55. The van der Waals surface area contributed by atoms with Crippen LogP contribution in [0.3, 0.4) is 0 Å². The number of anilines is 1. The van der Waals surface area contributed by atoms with Crippen LogP contribution in [-0.4, -0.2) is 16.4 Å². The monoisotopic (exact) mass is 271 g/mol. The number of nitrogens with two attached hydrogens (primary N) is 1. The molecule has 2 aromatic rings. The van der Waals surface area contributed by atoms with E-state index in [0.29, 0.717) is 16.8 Å². The quantitative estimate of drug-likeness (QED) is 0.764. The summed E-state index contributed by atoms with van der Waals surface area (Å²) in [5.41, 5.74) is 6.22. The Morgan fingerprint density at radius 1 is 1.44 bits per heavy atom. The summed E-state index contributed by atoms with van der Waals surface area (Å²) in [5.74, 6) is -0.828. The number of H-pyrrole nitrogens is 1. The summed E-state index contributed by atoms with van der Waals surface area (Å²) in [6.07, 6.45) is 0. The third-order valence-corrected chi connectivity index (χ3v) is 2.26. The van der Waals surface area contributed by atoms with Crippen LogP contribution in [0.2, 0.25) is 0 Å². The number of hydrogen-bond acceptors (Lipinski definition) is 4. The summed E-state index contributed by atoms with van der Waals surface area (Å²) in [6, 6.07) is 4.86. The fourth-order valence-corrected chi connectivity index (χ4v) is 1.32. The van der Waals surface area contributed by atoms with Crippen molar-refractivity contribution in [3.63, 3.8) is 0 Å². The maximum atomic E-state index is 11.6. The van der Waals surface area contributed by atoms with Crippen LogP contribution in [0.15, 0.2) is 27.4 Å². The Kier molecular flexibility index (Phi) is 3.83. The smallest absolute Gasteiger partial charge is 0.408 e. The molecule has 0 aliphatic heterocycles. The minimum atomic E-state index is -0.960. The van der Waals surface area contributed by atoms with Gasteiger partial charge in [-0.15, -0.1) is 12.4 Å². The SMILES string of the molecule is CC(C)(N)C(=O)Nc1ccc2oc(=O)[nH]c2c1.Cl. The van der Waals surface area contributed by atoms with E-state index in [4.69, 9.17) is 10.2 Å². The van der Waals surface area contributed by atoms with Crippen LogP contribution in [0.5, 0.6) is 0 Å². The molecule has 18 heavy (non-hydrogen) atoms. The van der Waals surface area contributed by atoms with Crippen molar-refractivity contribution < 1.29 is 9.21 Å². The van der Waals surface area contributed by atoms with Crippen LogP contribution in [0.4, 0.5) is 5.69 Å². The number of halogens is 1. The number of fused-ring (bicyclic) bond motifs is 1. The van der Waals surface area contributed by atoms with Gasteiger partial charge in [0, 0.05) is 5.69 Å². The number of nitrogens with one attached hydrogen (secondary N) is 2. The molecule has 0 spiro atoms. The molecule has 0 unspecified atom stereocenters. The van der Waals surface area contributed by atoms with Gasteiger partial charge < -0.3 is 15.5 Å². The zero-order valence-electron chi connectivity index (χ0n) is 9.94. The number of aromatic amines is 1. The van der Waals surface area contributed by atoms with E-state index >= 15 is 0 Å². The van der Waals surface area contributed by atoms with E-state index in [-0.39, 0.29) is 18.3 Å². The summed E-state index contributed by atoms with van der Waals surface area (Å²) in [6.45, 7) is 3.22. The number of rotatable bonds is 2. The normalized spacial score (nSPS) is 11.1. The Hall–Kier alpha value is -1.79. The van der Waals surface area contributed by atoms with Gasteiger partial charge in [-0.2, -0.15) is 0 Å². The first-order valence-electron chi connectivity index (χ1n) is 5.09. The standard InChI is InChI=1S/C11H13N3O3.ClH/c1-11(2,12)9(15)13-6-3-4-8-7(5-6)14-10(16)17-8;/h3-5H,12H2,1-2H3,(H,13,15)(H,14,16);1H. The molecule has 0 atom stereocenters. The Morgan fingerprint density at radius 3 is 2.72 bits per heavy atom. The Morgan fingerprint density at radius 2 is 2.11 bits per heavy atom. The highest BCUT2D eigenvalue weighted by Gasteiger charge is 2.21. The molecule has 0 aliphatic rings. The van der Waals surface area contributed by atoms with Gasteiger partial charge in [-0.1, -0.05) is 0 Å². The molecule has 1 aromatic carbocycles. The molecule has 0 aliphatic carbocycles. The highest BCUT2D eigenvalue weighted by atomic mass is 35.5. The number of oxazole rings is 1. The van der Waals surface area contributed by atoms with Gasteiger partial charge in [0.25, 0.3) is 0 Å². The second kappa shape index (κ2) is 4.83. The molecule has 98 valence electrons. The minimum absolute atomic E-state index is 0. The first-order chi connectivity index (χ1) is 7.86. The first-order valence-corrected chi connectivity index (χ1v) is 5.09. The van der Waals surface area contributed by atoms with Crippen molar-refractivity contribution in [2.45, 2.75) is 19.4 Å². The lowest BCUT2D eigenvalue weighted by Gasteiger charge is -2.17. The lowest BCUT2D eigenvalue weighted by Crippen LogP contribution is -2.45. The van der Waals surface area contributed by atoms with Crippen LogP contribution in [0.25, 0.3) is 11.1 Å². The molecule has 0 radical (unpaired) electrons. The molecule has 1 amide bonds. The number of amides is 1. The van der Waals surface area contributed by atoms with Crippen LogP contribution in [0, 0.1) is 0 Å². The van der Waals surface area contributed by atoms with E-state index in [1.807, 2.05) is 0 Å². The Balaban J connectivity index is 0.00000162. The van der Waals surface area contributed by atoms with Crippen LogP contribution in [0.1, 0.15) is 13.8 Å². The Labute approximate surface area is 109 Å². The zero-order chi connectivity index (χ0) is 12.6. The molecule has 4 N–H and O–H groups in total. The molecule has 6 nitrogen and oxygen atoms in total. The van der Waals surface area contributed by atoms with E-state index in [9.17, 15) is 9.59 Å². The van der Waals surface area contributed by atoms with Crippen LogP contribution >= 0.6 is 12.4 Å². The molecule has 0 saturated carbocycles. The van der Waals surface area contributed by atoms with Crippen molar-refractivity contribution in [3.05, 3.63) is 28.7 Å². The van der Waals surface area contributed by atoms with Gasteiger partial charge in [0.05, 0.1) is 11.1 Å². The fraction of sp³-hybridized carbons (Fsp3) is 0.273. The predicted molar refractivity (Wildman–Crippen MR) is 71.0 cm³/mol. The van der Waals surface area contributed by atoms with E-state index in [2.05, 4.69) is 10.3 Å². The van der Waals surface area contributed by atoms with Crippen molar-refractivity contribution in [1.82, 2.24) is 4.98 Å². The van der Waals surface area contributed by atoms with Crippen LogP contribution in [-0.2, 0) is 4.79 Å². The van der Waals surface area contributed by atoms with Crippen molar-refractivity contribution in [2.75, 3.05) is 5.32 Å². The summed E-state index contributed by atoms with van der Waals surface area (Å²) in [5, 5.41) is 2.66. The maximum absolute atomic E-state index is 11.6. The number of aromatic nitrogens is 1. The van der Waals surface area contributed by atoms with E-state index < -0.39 is 11.3 Å². The van der Waals surface area contributed by atoms with E-state index in [0.717, 1.165) is 0 Å². The van der Waals surface area contributed by atoms with Gasteiger partial charge in [-0.25, -0.2) is 4.79 Å². The number of carbonyl (C=O) groups excluding carboxylic acids is 1. The van der Waals surface area contributed by atoms with Crippen molar-refractivity contribution in [1.29, 1.82) is 0 Å². The lowest BCUT2D eigenvalue weighted by molar-refractivity contribution is -0.120. The van der Waals surface area contributed by atoms with E-state index in [1.165, 1.54) is 0 Å². The van der Waals surface area contributed by atoms with E-state index in [1.54, 1.807) is 32.0 Å². The van der Waals surface area contributed by atoms with Crippen molar-refractivity contribution in [3.8, 4) is 0 Å². The topological polar surface area (TPSA) is 101 Å². The predicted octanol–water partition coefficient (Wildman–Crippen LogP) is 1.22. The molecule has 0 saturated heterocycles. The van der Waals surface area contributed by atoms with Gasteiger partial charge in [0.1, 0.15) is 0 Å². The van der Waals surface area contributed by atoms with Crippen molar-refractivity contribution >= 4 is 35.1 Å². The van der Waals surface area contributed by atoms with Gasteiger partial charge in [0.15, 0.2) is 5.58 Å². The van der Waals surface area contributed by atoms with Gasteiger partial charge in [-0.05, 0) is 32.0 Å². The number of benzene rings is 1. The first kappa shape index (κ1) is 14.3. The van der Waals surface area contributed by atoms with Gasteiger partial charge >= 0.3 is 5.76 Å². The third-order valence-electron chi connectivity index (χ3n) is 2.26. The molecule has 1 aromatic heterocycles. The van der Waals surface area contributed by atoms with Crippen molar-refractivity contribution in [2.24, 2.45) is 5.73 Å². The molecule has 0 bridgehead atoms. The molecule has 2 rings (SSSR count). The fourth-order valence-electron chi connectivity index (χ4n) is 1.32. The maximum Gasteiger partial charge on any atom is 0.417 e. The third kappa shape index (κ3) is 2.91. The zero-order valence-corrected chi connectivity index (χ0v) is 10.8. The molecule has 7 heteroatoms. The molecule has 1 heterocycles. The molecular weight excluding hydrogens is 258 g/mol. The summed E-state index contributed by atoms with van der Waals surface area (Å²) >= 11 is 0. The average molecular weight is 272 g/mol. The second-order valence-corrected chi connectivity index (χ2v) is 4.40. The summed E-state index contributed by atoms with van der Waals surface area (Å²) in [4.78, 5) is 25.1. The second-order valence-electron chi connectivity index (χ2n) is 4.40. The summed E-state index contributed by atoms with van der Waals surface area (Å²) < 4.78 is 4.85. The number of carbonyl (C=O) groups is 1. The molecular formula is C11H14ClN3O3. The lowest BCUT2D eigenvalue weighted by atomic mass is 10.1. The van der Waals surface area contributed by atoms with Crippen LogP contribution < -0.4 is 16.8 Å². The van der Waals surface area contributed by atoms with Gasteiger partial charge in [0.2, 0.25) is 5.91 Å². The van der Waals surface area contributed by atoms with Gasteiger partial charge in [-0.3, -0.25) is 9.78 Å². The molecule has 0 fully saturated rings. The highest BCUT2D eigenvalue weighted by Crippen LogP contribution is 2.16. The largest absolute Gasteiger partial charge is 0.417 e. The highest BCUT2D eigenvalue weighted by molar-refractivity contribution is 5.98. The summed E-state index contributed by atoms with van der Waals surface area (Å²) in [7, 11) is 0. The Bertz CT molecular complexity index is 624. The number of hydrogen-bond donors (Lipinski definition) is 3. The minimum Gasteiger partial charge on any atom is -0.408 e.